The fraction of sp³-hybridized carbons (Fsp3) is 0. The van der Waals surface area contributed by atoms with E-state index in [0.29, 0.717) is 11.3 Å². The van der Waals surface area contributed by atoms with Crippen LogP contribution in [0.4, 0.5) is 0 Å². The summed E-state index contributed by atoms with van der Waals surface area (Å²) in [6.07, 6.45) is 4.71. The van der Waals surface area contributed by atoms with Crippen molar-refractivity contribution in [1.82, 2.24) is 4.98 Å². The lowest BCUT2D eigenvalue weighted by Gasteiger charge is -2.04. The lowest BCUT2D eigenvalue weighted by molar-refractivity contribution is 0.467. The van der Waals surface area contributed by atoms with Gasteiger partial charge < -0.3 is 14.5 Å². The number of allylic oxidation sites excluding steroid dienone is 4. The van der Waals surface area contributed by atoms with Crippen molar-refractivity contribution in [3.8, 4) is 5.75 Å². The van der Waals surface area contributed by atoms with Crippen LogP contribution in [0.1, 0.15) is 5.69 Å². The number of H-pyrrole nitrogens is 1. The van der Waals surface area contributed by atoms with Crippen molar-refractivity contribution in [2.75, 3.05) is 0 Å². The summed E-state index contributed by atoms with van der Waals surface area (Å²) in [6.45, 7) is 7.18. The highest BCUT2D eigenvalue weighted by Gasteiger charge is 2.11. The first-order valence-corrected chi connectivity index (χ1v) is 5.42. The van der Waals surface area contributed by atoms with Crippen molar-refractivity contribution in [3.05, 3.63) is 70.0 Å². The molecular formula is C14H11NO4. The second-order valence-electron chi connectivity index (χ2n) is 3.76. The summed E-state index contributed by atoms with van der Waals surface area (Å²) in [5.74, 6) is -0.410. The fourth-order valence-electron chi connectivity index (χ4n) is 1.73. The first-order valence-electron chi connectivity index (χ1n) is 5.42. The Hall–Kier alpha value is -2.82. The molecule has 2 heterocycles. The molecule has 0 saturated carbocycles. The van der Waals surface area contributed by atoms with E-state index in [2.05, 4.69) is 18.1 Å². The van der Waals surface area contributed by atoms with Crippen LogP contribution in [0.2, 0.25) is 0 Å². The van der Waals surface area contributed by atoms with Crippen molar-refractivity contribution in [3.63, 3.8) is 0 Å². The third kappa shape index (κ3) is 2.26. The topological polar surface area (TPSA) is 83.3 Å². The molecule has 0 saturated heterocycles. The molecule has 0 radical (unpaired) electrons. The lowest BCUT2D eigenvalue weighted by atomic mass is 10.1. The molecule has 2 aromatic heterocycles. The maximum Gasteiger partial charge on any atom is 0.339 e. The highest BCUT2D eigenvalue weighted by atomic mass is 16.4. The third-order valence-electron chi connectivity index (χ3n) is 2.55. The quantitative estimate of drug-likeness (QED) is 0.823. The molecule has 0 atom stereocenters. The smallest absolute Gasteiger partial charge is 0.339 e. The standard InChI is InChI=1S/C14H11NO4/c1-3-5-8(4-2)9-6-11-13(14(18)15-9)10(16)7-12(17)19-11/h3-7,16H,1-2H2,(H,15,18)/b8-5+. The van der Waals surface area contributed by atoms with Gasteiger partial charge in [0.2, 0.25) is 0 Å². The van der Waals surface area contributed by atoms with E-state index in [-0.39, 0.29) is 11.0 Å². The Morgan fingerprint density at radius 2 is 2.05 bits per heavy atom. The van der Waals surface area contributed by atoms with Gasteiger partial charge in [-0.05, 0) is 5.57 Å². The van der Waals surface area contributed by atoms with Gasteiger partial charge in [-0.3, -0.25) is 4.79 Å². The van der Waals surface area contributed by atoms with Crippen LogP contribution in [0.3, 0.4) is 0 Å². The van der Waals surface area contributed by atoms with Gasteiger partial charge in [0.25, 0.3) is 5.56 Å². The van der Waals surface area contributed by atoms with Crippen molar-refractivity contribution >= 4 is 16.5 Å². The first kappa shape index (κ1) is 12.6. The summed E-state index contributed by atoms with van der Waals surface area (Å²) in [5, 5.41) is 9.53. The number of rotatable bonds is 3. The largest absolute Gasteiger partial charge is 0.507 e. The monoisotopic (exact) mass is 257 g/mol. The average molecular weight is 257 g/mol. The zero-order chi connectivity index (χ0) is 14.0. The first-order chi connectivity index (χ1) is 9.06. The van der Waals surface area contributed by atoms with Gasteiger partial charge in [0.05, 0.1) is 11.8 Å². The number of aromatic hydroxyl groups is 1. The predicted molar refractivity (Wildman–Crippen MR) is 73.1 cm³/mol. The van der Waals surface area contributed by atoms with E-state index in [1.54, 1.807) is 6.08 Å². The van der Waals surface area contributed by atoms with Crippen LogP contribution in [0.25, 0.3) is 16.5 Å². The minimum Gasteiger partial charge on any atom is -0.507 e. The summed E-state index contributed by atoms with van der Waals surface area (Å²) in [6, 6.07) is 2.31. The lowest BCUT2D eigenvalue weighted by Crippen LogP contribution is -2.11. The molecule has 0 aliphatic heterocycles. The molecule has 0 amide bonds. The van der Waals surface area contributed by atoms with E-state index in [1.807, 2.05) is 0 Å². The van der Waals surface area contributed by atoms with Crippen LogP contribution in [0.15, 0.2) is 57.5 Å². The third-order valence-corrected chi connectivity index (χ3v) is 2.55. The number of hydrogen-bond donors (Lipinski definition) is 2. The van der Waals surface area contributed by atoms with Gasteiger partial charge in [0.1, 0.15) is 16.7 Å². The van der Waals surface area contributed by atoms with Gasteiger partial charge in [-0.1, -0.05) is 31.4 Å². The van der Waals surface area contributed by atoms with E-state index in [9.17, 15) is 14.7 Å². The summed E-state index contributed by atoms with van der Waals surface area (Å²) in [4.78, 5) is 25.7. The van der Waals surface area contributed by atoms with E-state index >= 15 is 0 Å². The minimum absolute atomic E-state index is 0.0144. The van der Waals surface area contributed by atoms with Gasteiger partial charge >= 0.3 is 5.63 Å². The summed E-state index contributed by atoms with van der Waals surface area (Å²) in [7, 11) is 0. The van der Waals surface area contributed by atoms with Crippen molar-refractivity contribution in [2.24, 2.45) is 0 Å². The van der Waals surface area contributed by atoms with E-state index in [0.717, 1.165) is 6.07 Å². The van der Waals surface area contributed by atoms with Crippen molar-refractivity contribution in [2.45, 2.75) is 0 Å². The summed E-state index contributed by atoms with van der Waals surface area (Å²) < 4.78 is 4.91. The Kier molecular flexibility index (Phi) is 3.20. The van der Waals surface area contributed by atoms with Gasteiger partial charge in [0.15, 0.2) is 0 Å². The number of pyridine rings is 1. The molecule has 0 bridgehead atoms. The highest BCUT2D eigenvalue weighted by molar-refractivity contribution is 5.85. The molecule has 2 aromatic rings. The van der Waals surface area contributed by atoms with Crippen molar-refractivity contribution in [1.29, 1.82) is 0 Å². The Morgan fingerprint density at radius 3 is 2.68 bits per heavy atom. The summed E-state index contributed by atoms with van der Waals surface area (Å²) in [5.41, 5.74) is -0.235. The fourth-order valence-corrected chi connectivity index (χ4v) is 1.73. The maximum absolute atomic E-state index is 11.9. The van der Waals surface area contributed by atoms with E-state index in [1.165, 1.54) is 18.2 Å². The SMILES string of the molecule is C=C/C=C(\C=C)c1cc2oc(=O)cc(O)c2c(=O)[nH]1. The molecular weight excluding hydrogens is 246 g/mol. The zero-order valence-electron chi connectivity index (χ0n) is 9.97. The van der Waals surface area contributed by atoms with Gasteiger partial charge in [-0.25, -0.2) is 4.79 Å². The molecule has 2 rings (SSSR count). The maximum atomic E-state index is 11.9. The Morgan fingerprint density at radius 1 is 1.32 bits per heavy atom. The molecule has 5 heteroatoms. The van der Waals surface area contributed by atoms with Crippen LogP contribution >= 0.6 is 0 Å². The van der Waals surface area contributed by atoms with Gasteiger partial charge in [-0.15, -0.1) is 0 Å². The average Bonchev–Trinajstić information content (AvgIpc) is 2.34. The van der Waals surface area contributed by atoms with Gasteiger partial charge in [0, 0.05) is 6.07 Å². The molecule has 0 fully saturated rings. The normalized spacial score (nSPS) is 11.5. The van der Waals surface area contributed by atoms with Gasteiger partial charge in [-0.2, -0.15) is 0 Å². The minimum atomic E-state index is -0.727. The second kappa shape index (κ2) is 4.81. The molecule has 19 heavy (non-hydrogen) atoms. The highest BCUT2D eigenvalue weighted by Crippen LogP contribution is 2.21. The molecule has 5 nitrogen and oxygen atoms in total. The summed E-state index contributed by atoms with van der Waals surface area (Å²) >= 11 is 0. The number of fused-ring (bicyclic) bond motifs is 1. The molecule has 0 unspecified atom stereocenters. The number of hydrogen-bond acceptors (Lipinski definition) is 4. The molecule has 0 aliphatic carbocycles. The van der Waals surface area contributed by atoms with Crippen LogP contribution in [0, 0.1) is 0 Å². The molecule has 0 aromatic carbocycles. The molecule has 2 N–H and O–H groups in total. The predicted octanol–water partition coefficient (Wildman–Crippen LogP) is 1.94. The zero-order valence-corrected chi connectivity index (χ0v) is 9.97. The second-order valence-corrected chi connectivity index (χ2v) is 3.76. The Bertz CT molecular complexity index is 808. The van der Waals surface area contributed by atoms with E-state index < -0.39 is 16.9 Å². The number of aromatic amines is 1. The van der Waals surface area contributed by atoms with Crippen LogP contribution in [0.5, 0.6) is 5.75 Å². The number of nitrogens with one attached hydrogen (secondary N) is 1. The molecule has 0 aliphatic rings. The number of aromatic nitrogens is 1. The van der Waals surface area contributed by atoms with Crippen LogP contribution in [-0.2, 0) is 0 Å². The molecule has 0 spiro atoms. The van der Waals surface area contributed by atoms with E-state index in [4.69, 9.17) is 4.42 Å². The Balaban J connectivity index is 2.86. The Labute approximate surface area is 107 Å². The van der Waals surface area contributed by atoms with Crippen LogP contribution < -0.4 is 11.2 Å². The van der Waals surface area contributed by atoms with Crippen LogP contribution in [-0.4, -0.2) is 10.1 Å². The van der Waals surface area contributed by atoms with Crippen molar-refractivity contribution < 1.29 is 9.52 Å². The molecule has 96 valence electrons.